The summed E-state index contributed by atoms with van der Waals surface area (Å²) in [4.78, 5) is 36.8. The highest BCUT2D eigenvalue weighted by Gasteiger charge is 2.18. The molecule has 0 unspecified atom stereocenters. The zero-order chi connectivity index (χ0) is 21.7. The normalized spacial score (nSPS) is 10.4. The fourth-order valence-corrected chi connectivity index (χ4v) is 2.94. The van der Waals surface area contributed by atoms with Gasteiger partial charge in [0, 0.05) is 11.3 Å². The number of carbonyl (C=O) groups is 3. The zero-order valence-electron chi connectivity index (χ0n) is 17.4. The fourth-order valence-electron chi connectivity index (χ4n) is 2.94. The minimum atomic E-state index is -0.631. The number of hydrogen-bond acceptors (Lipinski definition) is 6. The van der Waals surface area contributed by atoms with E-state index in [1.165, 1.54) is 32.4 Å². The van der Waals surface area contributed by atoms with E-state index in [4.69, 9.17) is 14.2 Å². The summed E-state index contributed by atoms with van der Waals surface area (Å²) in [6.07, 6.45) is 0. The summed E-state index contributed by atoms with van der Waals surface area (Å²) in [5.41, 5.74) is 2.64. The summed E-state index contributed by atoms with van der Waals surface area (Å²) in [5.74, 6) is -0.756. The Morgan fingerprint density at radius 2 is 1.41 bits per heavy atom. The van der Waals surface area contributed by atoms with Gasteiger partial charge in [-0.3, -0.25) is 4.79 Å². The zero-order valence-corrected chi connectivity index (χ0v) is 17.4. The van der Waals surface area contributed by atoms with Crippen molar-refractivity contribution in [2.75, 3.05) is 26.6 Å². The lowest BCUT2D eigenvalue weighted by Gasteiger charge is -2.16. The van der Waals surface area contributed by atoms with Crippen LogP contribution < -0.4 is 10.1 Å². The molecule has 0 saturated carbocycles. The summed E-state index contributed by atoms with van der Waals surface area (Å²) in [5, 5.41) is 2.75. The molecule has 0 aliphatic rings. The maximum absolute atomic E-state index is 12.9. The van der Waals surface area contributed by atoms with E-state index in [1.807, 2.05) is 26.8 Å². The van der Waals surface area contributed by atoms with Crippen LogP contribution in [0.2, 0.25) is 0 Å². The minimum Gasteiger partial charge on any atom is -0.496 e. The van der Waals surface area contributed by atoms with Crippen LogP contribution >= 0.6 is 0 Å². The molecule has 0 spiro atoms. The van der Waals surface area contributed by atoms with Gasteiger partial charge in [0.25, 0.3) is 5.91 Å². The Labute approximate surface area is 170 Å². The Morgan fingerprint density at radius 3 is 1.86 bits per heavy atom. The first-order valence-corrected chi connectivity index (χ1v) is 9.03. The van der Waals surface area contributed by atoms with Crippen LogP contribution in [0.1, 0.15) is 62.0 Å². The first-order valence-electron chi connectivity index (χ1n) is 9.03. The number of anilines is 1. The van der Waals surface area contributed by atoms with Crippen molar-refractivity contribution in [2.45, 2.75) is 26.7 Å². The summed E-state index contributed by atoms with van der Waals surface area (Å²) in [7, 11) is 4.06. The summed E-state index contributed by atoms with van der Waals surface area (Å²) in [6, 6.07) is 7.84. The summed E-state index contributed by atoms with van der Waals surface area (Å²) < 4.78 is 14.9. The molecule has 154 valence electrons. The first kappa shape index (κ1) is 21.9. The lowest BCUT2D eigenvalue weighted by Crippen LogP contribution is -2.16. The number of hydrogen-bond donors (Lipinski definition) is 1. The van der Waals surface area contributed by atoms with E-state index < -0.39 is 11.9 Å². The SMILES string of the molecule is COC(=O)c1cc(NC(=O)c2cc(C(C)C)c(OC)cc2C)cc(C(=O)OC)c1. The molecule has 2 aromatic rings. The number of benzene rings is 2. The molecule has 0 aliphatic carbocycles. The smallest absolute Gasteiger partial charge is 0.337 e. The number of esters is 2. The van der Waals surface area contributed by atoms with Crippen molar-refractivity contribution in [2.24, 2.45) is 0 Å². The Hall–Kier alpha value is -3.35. The van der Waals surface area contributed by atoms with Gasteiger partial charge in [0.15, 0.2) is 0 Å². The van der Waals surface area contributed by atoms with E-state index in [0.29, 0.717) is 5.56 Å². The van der Waals surface area contributed by atoms with E-state index in [9.17, 15) is 14.4 Å². The molecule has 1 N–H and O–H groups in total. The number of amides is 1. The molecule has 7 nitrogen and oxygen atoms in total. The molecule has 0 aliphatic heterocycles. The van der Waals surface area contributed by atoms with Gasteiger partial charge >= 0.3 is 11.9 Å². The number of carbonyl (C=O) groups excluding carboxylic acids is 3. The van der Waals surface area contributed by atoms with Crippen LogP contribution in [0.5, 0.6) is 5.75 Å². The highest BCUT2D eigenvalue weighted by Crippen LogP contribution is 2.30. The van der Waals surface area contributed by atoms with E-state index in [1.54, 1.807) is 13.2 Å². The van der Waals surface area contributed by atoms with Gasteiger partial charge in [0.2, 0.25) is 0 Å². The maximum Gasteiger partial charge on any atom is 0.337 e. The van der Waals surface area contributed by atoms with Gasteiger partial charge in [-0.2, -0.15) is 0 Å². The van der Waals surface area contributed by atoms with Crippen LogP contribution in [-0.2, 0) is 9.47 Å². The molecule has 0 saturated heterocycles. The quantitative estimate of drug-likeness (QED) is 0.740. The second-order valence-corrected chi connectivity index (χ2v) is 6.80. The molecule has 2 aromatic carbocycles. The van der Waals surface area contributed by atoms with Crippen molar-refractivity contribution in [3.05, 3.63) is 58.1 Å². The Balaban J connectivity index is 2.45. The van der Waals surface area contributed by atoms with Gasteiger partial charge in [-0.05, 0) is 54.3 Å². The molecule has 7 heteroatoms. The van der Waals surface area contributed by atoms with Gasteiger partial charge in [-0.15, -0.1) is 0 Å². The third kappa shape index (κ3) is 4.93. The van der Waals surface area contributed by atoms with Crippen LogP contribution in [0.3, 0.4) is 0 Å². The van der Waals surface area contributed by atoms with Gasteiger partial charge < -0.3 is 19.5 Å². The predicted octanol–water partition coefficient (Wildman–Crippen LogP) is 3.95. The number of ether oxygens (including phenoxy) is 3. The third-order valence-corrected chi connectivity index (χ3v) is 4.48. The van der Waals surface area contributed by atoms with Crippen molar-refractivity contribution in [3.63, 3.8) is 0 Å². The number of aryl methyl sites for hydroxylation is 1. The molecule has 0 radical (unpaired) electrons. The Morgan fingerprint density at radius 1 is 0.862 bits per heavy atom. The van der Waals surface area contributed by atoms with Crippen LogP contribution in [0.15, 0.2) is 30.3 Å². The molecular weight excluding hydrogens is 374 g/mol. The van der Waals surface area contributed by atoms with Gasteiger partial charge in [0.05, 0.1) is 32.5 Å². The molecule has 0 bridgehead atoms. The number of methoxy groups -OCH3 is 3. The van der Waals surface area contributed by atoms with Crippen molar-refractivity contribution < 1.29 is 28.6 Å². The molecule has 2 rings (SSSR count). The van der Waals surface area contributed by atoms with Crippen molar-refractivity contribution in [1.82, 2.24) is 0 Å². The molecule has 29 heavy (non-hydrogen) atoms. The lowest BCUT2D eigenvalue weighted by molar-refractivity contribution is 0.0599. The summed E-state index contributed by atoms with van der Waals surface area (Å²) >= 11 is 0. The lowest BCUT2D eigenvalue weighted by atomic mass is 9.96. The van der Waals surface area contributed by atoms with Crippen molar-refractivity contribution in [3.8, 4) is 5.75 Å². The van der Waals surface area contributed by atoms with E-state index >= 15 is 0 Å². The number of nitrogens with one attached hydrogen (secondary N) is 1. The fraction of sp³-hybridized carbons (Fsp3) is 0.318. The summed E-state index contributed by atoms with van der Waals surface area (Å²) in [6.45, 7) is 5.83. The highest BCUT2D eigenvalue weighted by molar-refractivity contribution is 6.07. The molecular formula is C22H25NO6. The average molecular weight is 399 g/mol. The van der Waals surface area contributed by atoms with E-state index in [0.717, 1.165) is 16.9 Å². The minimum absolute atomic E-state index is 0.125. The third-order valence-electron chi connectivity index (χ3n) is 4.48. The molecule has 0 fully saturated rings. The second-order valence-electron chi connectivity index (χ2n) is 6.80. The Bertz CT molecular complexity index is 914. The van der Waals surface area contributed by atoms with E-state index in [2.05, 4.69) is 5.32 Å². The van der Waals surface area contributed by atoms with Gasteiger partial charge in [0.1, 0.15) is 5.75 Å². The van der Waals surface area contributed by atoms with Crippen molar-refractivity contribution >= 4 is 23.5 Å². The molecule has 1 amide bonds. The van der Waals surface area contributed by atoms with Crippen LogP contribution in [0.25, 0.3) is 0 Å². The van der Waals surface area contributed by atoms with Gasteiger partial charge in [-0.1, -0.05) is 13.8 Å². The molecule has 0 heterocycles. The molecule has 0 atom stereocenters. The predicted molar refractivity (Wildman–Crippen MR) is 109 cm³/mol. The highest BCUT2D eigenvalue weighted by atomic mass is 16.5. The van der Waals surface area contributed by atoms with Crippen molar-refractivity contribution in [1.29, 1.82) is 0 Å². The van der Waals surface area contributed by atoms with Crippen LogP contribution in [-0.4, -0.2) is 39.2 Å². The Kier molecular flexibility index (Phi) is 6.98. The average Bonchev–Trinajstić information content (AvgIpc) is 2.71. The monoisotopic (exact) mass is 399 g/mol. The second kappa shape index (κ2) is 9.23. The molecule has 0 aromatic heterocycles. The largest absolute Gasteiger partial charge is 0.496 e. The van der Waals surface area contributed by atoms with Crippen LogP contribution in [0, 0.1) is 6.92 Å². The standard InChI is InChI=1S/C22H25NO6/c1-12(2)17-11-18(13(3)7-19(17)27-4)20(24)23-16-9-14(21(25)28-5)8-15(10-16)22(26)29-6/h7-12H,1-6H3,(H,23,24). The van der Waals surface area contributed by atoms with Gasteiger partial charge in [-0.25, -0.2) is 9.59 Å². The number of rotatable bonds is 6. The first-order chi connectivity index (χ1) is 13.7. The topological polar surface area (TPSA) is 90.9 Å². The maximum atomic E-state index is 12.9. The van der Waals surface area contributed by atoms with E-state index in [-0.39, 0.29) is 28.6 Å². The van der Waals surface area contributed by atoms with Crippen LogP contribution in [0.4, 0.5) is 5.69 Å².